The number of pyridine rings is 1. The predicted molar refractivity (Wildman–Crippen MR) is 103 cm³/mol. The number of halogens is 1. The number of hydrogen-bond acceptors (Lipinski definition) is 8. The molecule has 0 atom stereocenters. The van der Waals surface area contributed by atoms with Gasteiger partial charge in [-0.25, -0.2) is 9.97 Å². The van der Waals surface area contributed by atoms with E-state index >= 15 is 0 Å². The van der Waals surface area contributed by atoms with Gasteiger partial charge >= 0.3 is 5.69 Å². The molecule has 1 aromatic carbocycles. The van der Waals surface area contributed by atoms with Crippen molar-refractivity contribution in [3.63, 3.8) is 0 Å². The van der Waals surface area contributed by atoms with E-state index in [-0.39, 0.29) is 17.3 Å². The molecule has 0 unspecified atom stereocenters. The van der Waals surface area contributed by atoms with Crippen LogP contribution in [0.15, 0.2) is 48.9 Å². The summed E-state index contributed by atoms with van der Waals surface area (Å²) in [5.74, 6) is -0.819. The molecular weight excluding hydrogens is 386 g/mol. The molecule has 0 aliphatic carbocycles. The molecule has 0 aliphatic rings. The van der Waals surface area contributed by atoms with Crippen molar-refractivity contribution in [3.8, 4) is 0 Å². The number of benzene rings is 1. The Balaban J connectivity index is 1.86. The maximum Gasteiger partial charge on any atom is 0.355 e. The fourth-order valence-corrected chi connectivity index (χ4v) is 2.44. The van der Waals surface area contributed by atoms with Crippen molar-refractivity contribution in [1.82, 2.24) is 20.4 Å². The number of hydrazine groups is 1. The minimum absolute atomic E-state index is 0.0556. The Hall–Kier alpha value is -3.79. The number of nitrogens with one attached hydrogen (secondary N) is 3. The third-order valence-electron chi connectivity index (χ3n) is 3.65. The molecule has 2 heterocycles. The van der Waals surface area contributed by atoms with Gasteiger partial charge in [0.2, 0.25) is 11.6 Å². The van der Waals surface area contributed by atoms with Crippen molar-refractivity contribution in [3.05, 3.63) is 75.3 Å². The summed E-state index contributed by atoms with van der Waals surface area (Å²) < 4.78 is 0. The smallest absolute Gasteiger partial charge is 0.334 e. The summed E-state index contributed by atoms with van der Waals surface area (Å²) in [5, 5.41) is 14.9. The van der Waals surface area contributed by atoms with E-state index in [4.69, 9.17) is 11.6 Å². The fourth-order valence-electron chi connectivity index (χ4n) is 2.27. The van der Waals surface area contributed by atoms with Crippen LogP contribution in [0.3, 0.4) is 0 Å². The monoisotopic (exact) mass is 399 g/mol. The lowest BCUT2D eigenvalue weighted by molar-refractivity contribution is -0.383. The van der Waals surface area contributed by atoms with Crippen LogP contribution in [-0.4, -0.2) is 25.8 Å². The average molecular weight is 400 g/mol. The zero-order valence-electron chi connectivity index (χ0n) is 14.5. The zero-order chi connectivity index (χ0) is 20.1. The maximum atomic E-state index is 12.1. The van der Waals surface area contributed by atoms with E-state index in [0.717, 1.165) is 11.9 Å². The summed E-state index contributed by atoms with van der Waals surface area (Å²) in [6.45, 7) is 1.82. The number of carbonyl (C=O) groups is 1. The molecule has 3 rings (SSSR count). The van der Waals surface area contributed by atoms with Gasteiger partial charge in [-0.15, -0.1) is 0 Å². The Bertz CT molecular complexity index is 1030. The number of nitro groups is 1. The Morgan fingerprint density at radius 3 is 2.64 bits per heavy atom. The second kappa shape index (κ2) is 8.27. The molecule has 0 saturated heterocycles. The highest BCUT2D eigenvalue weighted by atomic mass is 35.5. The second-order valence-corrected chi connectivity index (χ2v) is 5.99. The Morgan fingerprint density at radius 1 is 1.14 bits per heavy atom. The number of anilines is 3. The summed E-state index contributed by atoms with van der Waals surface area (Å²) in [5.41, 5.74) is 5.84. The van der Waals surface area contributed by atoms with Crippen LogP contribution < -0.4 is 16.2 Å². The van der Waals surface area contributed by atoms with Crippen LogP contribution in [0.5, 0.6) is 0 Å². The first-order valence-electron chi connectivity index (χ1n) is 7.95. The van der Waals surface area contributed by atoms with Gasteiger partial charge in [0.05, 0.1) is 4.92 Å². The van der Waals surface area contributed by atoms with Crippen LogP contribution in [0.25, 0.3) is 0 Å². The number of aromatic nitrogens is 3. The van der Waals surface area contributed by atoms with Gasteiger partial charge in [0, 0.05) is 16.9 Å². The van der Waals surface area contributed by atoms with Gasteiger partial charge in [0.25, 0.3) is 5.91 Å². The largest absolute Gasteiger partial charge is 0.355 e. The molecule has 0 spiro atoms. The first kappa shape index (κ1) is 19.0. The summed E-state index contributed by atoms with van der Waals surface area (Å²) >= 11 is 5.99. The van der Waals surface area contributed by atoms with Crippen LogP contribution in [0.4, 0.5) is 23.0 Å². The highest BCUT2D eigenvalue weighted by molar-refractivity contribution is 6.30. The van der Waals surface area contributed by atoms with Gasteiger partial charge in [-0.3, -0.25) is 30.7 Å². The van der Waals surface area contributed by atoms with Crippen LogP contribution in [0.1, 0.15) is 16.1 Å². The van der Waals surface area contributed by atoms with Crippen molar-refractivity contribution in [2.24, 2.45) is 0 Å². The van der Waals surface area contributed by atoms with Gasteiger partial charge in [-0.05, 0) is 36.8 Å². The minimum atomic E-state index is -0.655. The van der Waals surface area contributed by atoms with E-state index in [1.807, 2.05) is 6.92 Å². The molecule has 1 amide bonds. The predicted octanol–water partition coefficient (Wildman–Crippen LogP) is 3.24. The molecule has 0 bridgehead atoms. The van der Waals surface area contributed by atoms with E-state index in [0.29, 0.717) is 10.7 Å². The van der Waals surface area contributed by atoms with Crippen LogP contribution >= 0.6 is 11.6 Å². The molecule has 3 aromatic rings. The molecule has 2 aromatic heterocycles. The molecular formula is C17H14ClN7O3. The number of amides is 1. The van der Waals surface area contributed by atoms with Gasteiger partial charge in [-0.1, -0.05) is 23.7 Å². The number of hydrogen-bond donors (Lipinski definition) is 3. The summed E-state index contributed by atoms with van der Waals surface area (Å²) in [6.07, 6.45) is 2.59. The first-order valence-corrected chi connectivity index (χ1v) is 8.33. The number of carbonyl (C=O) groups excluding carboxylic acids is 1. The van der Waals surface area contributed by atoms with E-state index < -0.39 is 16.5 Å². The fraction of sp³-hybridized carbons (Fsp3) is 0.0588. The Morgan fingerprint density at radius 2 is 1.93 bits per heavy atom. The number of rotatable bonds is 6. The SMILES string of the molecule is Cc1ccc(Cl)cc1Nc1ncnc(NNC(=O)c2ccccn2)c1[N+](=O)[O-]. The van der Waals surface area contributed by atoms with Gasteiger partial charge in [0.1, 0.15) is 12.0 Å². The molecule has 11 heteroatoms. The number of aryl methyl sites for hydroxylation is 1. The third-order valence-corrected chi connectivity index (χ3v) is 3.88. The quantitative estimate of drug-likeness (QED) is 0.424. The molecule has 0 fully saturated rings. The first-order chi connectivity index (χ1) is 13.5. The topological polar surface area (TPSA) is 135 Å². The molecule has 142 valence electrons. The summed E-state index contributed by atoms with van der Waals surface area (Å²) in [4.78, 5) is 34.7. The lowest BCUT2D eigenvalue weighted by atomic mass is 10.2. The van der Waals surface area contributed by atoms with Crippen molar-refractivity contribution < 1.29 is 9.72 Å². The van der Waals surface area contributed by atoms with Gasteiger partial charge in [0.15, 0.2) is 0 Å². The average Bonchev–Trinajstić information content (AvgIpc) is 2.69. The van der Waals surface area contributed by atoms with Crippen molar-refractivity contribution >= 4 is 40.5 Å². The molecule has 0 aliphatic heterocycles. The minimum Gasteiger partial charge on any atom is -0.334 e. The van der Waals surface area contributed by atoms with Crippen LogP contribution in [0, 0.1) is 17.0 Å². The Labute approximate surface area is 164 Å². The molecule has 28 heavy (non-hydrogen) atoms. The summed E-state index contributed by atoms with van der Waals surface area (Å²) in [6, 6.07) is 9.90. The van der Waals surface area contributed by atoms with Gasteiger partial charge < -0.3 is 5.32 Å². The van der Waals surface area contributed by atoms with E-state index in [2.05, 4.69) is 31.1 Å². The van der Waals surface area contributed by atoms with Crippen molar-refractivity contribution in [2.75, 3.05) is 10.7 Å². The molecule has 10 nitrogen and oxygen atoms in total. The normalized spacial score (nSPS) is 10.2. The van der Waals surface area contributed by atoms with Crippen molar-refractivity contribution in [1.29, 1.82) is 0 Å². The highest BCUT2D eigenvalue weighted by Gasteiger charge is 2.24. The van der Waals surface area contributed by atoms with Crippen LogP contribution in [0.2, 0.25) is 5.02 Å². The maximum absolute atomic E-state index is 12.1. The van der Waals surface area contributed by atoms with Gasteiger partial charge in [-0.2, -0.15) is 0 Å². The lowest BCUT2D eigenvalue weighted by Crippen LogP contribution is -2.31. The highest BCUT2D eigenvalue weighted by Crippen LogP contribution is 2.32. The van der Waals surface area contributed by atoms with Crippen LogP contribution in [-0.2, 0) is 0 Å². The zero-order valence-corrected chi connectivity index (χ0v) is 15.3. The molecule has 0 saturated carbocycles. The third kappa shape index (κ3) is 4.30. The molecule has 0 radical (unpaired) electrons. The molecule has 3 N–H and O–H groups in total. The van der Waals surface area contributed by atoms with E-state index in [9.17, 15) is 14.9 Å². The lowest BCUT2D eigenvalue weighted by Gasteiger charge is -2.12. The van der Waals surface area contributed by atoms with E-state index in [1.165, 1.54) is 12.3 Å². The number of nitrogens with zero attached hydrogens (tertiary/aromatic N) is 4. The van der Waals surface area contributed by atoms with E-state index in [1.54, 1.807) is 30.3 Å². The Kier molecular flexibility index (Phi) is 5.61. The summed E-state index contributed by atoms with van der Waals surface area (Å²) in [7, 11) is 0. The second-order valence-electron chi connectivity index (χ2n) is 5.55. The standard InChI is InChI=1S/C17H14ClN7O3/c1-10-5-6-11(18)8-13(10)22-15-14(25(27)28)16(21-9-20-15)23-24-17(26)12-4-2-3-7-19-12/h2-9H,1H3,(H,24,26)(H2,20,21,22,23). The van der Waals surface area contributed by atoms with Crippen molar-refractivity contribution in [2.45, 2.75) is 6.92 Å².